The van der Waals surface area contributed by atoms with Crippen LogP contribution in [0.4, 0.5) is 0 Å². The molecule has 0 fully saturated rings. The Labute approximate surface area is 133 Å². The van der Waals surface area contributed by atoms with E-state index in [2.05, 4.69) is 5.32 Å². The van der Waals surface area contributed by atoms with Crippen LogP contribution in [0.3, 0.4) is 0 Å². The van der Waals surface area contributed by atoms with E-state index >= 15 is 0 Å². The van der Waals surface area contributed by atoms with Crippen LogP contribution in [0, 0.1) is 0 Å². The van der Waals surface area contributed by atoms with Crippen molar-refractivity contribution < 1.29 is 8.42 Å². The lowest BCUT2D eigenvalue weighted by Gasteiger charge is -2.30. The molecule has 0 amide bonds. The van der Waals surface area contributed by atoms with Gasteiger partial charge in [-0.2, -0.15) is 17.0 Å². The van der Waals surface area contributed by atoms with Crippen LogP contribution < -0.4 is 5.32 Å². The predicted octanol–water partition coefficient (Wildman–Crippen LogP) is 2.13. The first kappa shape index (κ1) is 18.6. The van der Waals surface area contributed by atoms with Crippen molar-refractivity contribution in [2.45, 2.75) is 39.8 Å². The van der Waals surface area contributed by atoms with Gasteiger partial charge < -0.3 is 5.32 Å². The zero-order chi connectivity index (χ0) is 15.9. The van der Waals surface area contributed by atoms with Crippen LogP contribution in [0.15, 0.2) is 17.5 Å². The highest BCUT2D eigenvalue weighted by atomic mass is 32.2. The number of nitrogens with zero attached hydrogens (tertiary/aromatic N) is 2. The van der Waals surface area contributed by atoms with Gasteiger partial charge in [0.15, 0.2) is 0 Å². The van der Waals surface area contributed by atoms with Crippen LogP contribution in [-0.4, -0.2) is 49.8 Å². The second kappa shape index (κ2) is 8.85. The summed E-state index contributed by atoms with van der Waals surface area (Å²) < 4.78 is 28.4. The first-order valence-corrected chi connectivity index (χ1v) is 9.63. The summed E-state index contributed by atoms with van der Waals surface area (Å²) in [6.45, 7) is 8.59. The van der Waals surface area contributed by atoms with Gasteiger partial charge in [0.2, 0.25) is 0 Å². The van der Waals surface area contributed by atoms with Crippen molar-refractivity contribution in [3.63, 3.8) is 0 Å². The molecule has 5 nitrogen and oxygen atoms in total. The lowest BCUT2D eigenvalue weighted by Crippen LogP contribution is -2.45. The molecule has 0 aliphatic carbocycles. The maximum absolute atomic E-state index is 12.7. The molecule has 122 valence electrons. The predicted molar refractivity (Wildman–Crippen MR) is 89.7 cm³/mol. The smallest absolute Gasteiger partial charge is 0.282 e. The van der Waals surface area contributed by atoms with Crippen LogP contribution >= 0.6 is 11.3 Å². The largest absolute Gasteiger partial charge is 0.317 e. The van der Waals surface area contributed by atoms with E-state index in [4.69, 9.17) is 0 Å². The molecule has 0 spiro atoms. The zero-order valence-corrected chi connectivity index (χ0v) is 15.0. The van der Waals surface area contributed by atoms with E-state index in [1.54, 1.807) is 22.7 Å². The van der Waals surface area contributed by atoms with Gasteiger partial charge in [0.1, 0.15) is 0 Å². The Morgan fingerprint density at radius 3 is 2.62 bits per heavy atom. The molecule has 7 heteroatoms. The molecule has 0 aromatic carbocycles. The summed E-state index contributed by atoms with van der Waals surface area (Å²) in [6.07, 6.45) is 0.814. The van der Waals surface area contributed by atoms with Crippen molar-refractivity contribution in [1.29, 1.82) is 0 Å². The first-order chi connectivity index (χ1) is 9.89. The zero-order valence-electron chi connectivity index (χ0n) is 13.4. The lowest BCUT2D eigenvalue weighted by atomic mass is 10.4. The van der Waals surface area contributed by atoms with Crippen molar-refractivity contribution in [1.82, 2.24) is 13.9 Å². The molecule has 0 saturated carbocycles. The van der Waals surface area contributed by atoms with Gasteiger partial charge in [-0.3, -0.25) is 0 Å². The summed E-state index contributed by atoms with van der Waals surface area (Å²) >= 11 is 1.59. The van der Waals surface area contributed by atoms with Crippen LogP contribution in [-0.2, 0) is 16.8 Å². The average Bonchev–Trinajstić information content (AvgIpc) is 2.93. The van der Waals surface area contributed by atoms with Crippen LogP contribution in [0.25, 0.3) is 0 Å². The van der Waals surface area contributed by atoms with E-state index in [1.165, 1.54) is 4.31 Å². The molecule has 0 bridgehead atoms. The summed E-state index contributed by atoms with van der Waals surface area (Å²) in [7, 11) is -1.76. The molecule has 21 heavy (non-hydrogen) atoms. The van der Waals surface area contributed by atoms with Crippen molar-refractivity contribution in [2.24, 2.45) is 0 Å². The quantitative estimate of drug-likeness (QED) is 0.668. The van der Waals surface area contributed by atoms with Gasteiger partial charge in [0.25, 0.3) is 10.2 Å². The summed E-state index contributed by atoms with van der Waals surface area (Å²) in [5.41, 5.74) is 0. The molecule has 0 aliphatic rings. The summed E-state index contributed by atoms with van der Waals surface area (Å²) in [5, 5.41) is 5.18. The van der Waals surface area contributed by atoms with Crippen LogP contribution in [0.1, 0.15) is 32.1 Å². The van der Waals surface area contributed by atoms with E-state index in [1.807, 2.05) is 38.3 Å². The molecule has 1 aromatic heterocycles. The fourth-order valence-electron chi connectivity index (χ4n) is 1.98. The topological polar surface area (TPSA) is 52.7 Å². The molecule has 1 heterocycles. The Bertz CT molecular complexity index is 486. The Morgan fingerprint density at radius 1 is 1.38 bits per heavy atom. The maximum atomic E-state index is 12.7. The molecule has 0 aliphatic heterocycles. The second-order valence-corrected chi connectivity index (χ2v) is 8.28. The molecule has 0 saturated heterocycles. The lowest BCUT2D eigenvalue weighted by molar-refractivity contribution is 0.313. The molecule has 0 unspecified atom stereocenters. The number of hydrogen-bond donors (Lipinski definition) is 1. The van der Waals surface area contributed by atoms with Gasteiger partial charge in [0, 0.05) is 31.1 Å². The third kappa shape index (κ3) is 5.67. The van der Waals surface area contributed by atoms with Gasteiger partial charge in [-0.25, -0.2) is 0 Å². The number of hydrogen-bond acceptors (Lipinski definition) is 4. The van der Waals surface area contributed by atoms with Gasteiger partial charge in [-0.1, -0.05) is 13.0 Å². The van der Waals surface area contributed by atoms with Gasteiger partial charge in [-0.15, -0.1) is 11.3 Å². The van der Waals surface area contributed by atoms with E-state index in [9.17, 15) is 8.42 Å². The van der Waals surface area contributed by atoms with E-state index in [0.717, 1.165) is 24.4 Å². The summed E-state index contributed by atoms with van der Waals surface area (Å²) in [6, 6.07) is 3.86. The molecular weight excluding hydrogens is 306 g/mol. The van der Waals surface area contributed by atoms with Crippen molar-refractivity contribution in [2.75, 3.05) is 26.7 Å². The molecular formula is C14H27N3O2S2. The van der Waals surface area contributed by atoms with Gasteiger partial charge in [-0.05, 0) is 44.8 Å². The number of nitrogens with one attached hydrogen (secondary N) is 1. The average molecular weight is 334 g/mol. The summed E-state index contributed by atoms with van der Waals surface area (Å²) in [5.74, 6) is 0. The van der Waals surface area contributed by atoms with Crippen molar-refractivity contribution >= 4 is 21.5 Å². The highest BCUT2D eigenvalue weighted by Crippen LogP contribution is 2.19. The number of rotatable bonds is 10. The second-order valence-electron chi connectivity index (χ2n) is 5.25. The first-order valence-electron chi connectivity index (χ1n) is 7.35. The summed E-state index contributed by atoms with van der Waals surface area (Å²) in [4.78, 5) is 1.06. The minimum atomic E-state index is -3.42. The Kier molecular flexibility index (Phi) is 7.83. The van der Waals surface area contributed by atoms with E-state index in [-0.39, 0.29) is 6.04 Å². The highest BCUT2D eigenvalue weighted by molar-refractivity contribution is 7.86. The van der Waals surface area contributed by atoms with E-state index < -0.39 is 10.2 Å². The van der Waals surface area contributed by atoms with Gasteiger partial charge in [0.05, 0.1) is 0 Å². The fraction of sp³-hybridized carbons (Fsp3) is 0.714. The standard InChI is InChI=1S/C14H27N3O2S2/c1-5-15-9-7-10-16(4)21(18,19)17(13(2)3)12-14-8-6-11-20-14/h6,8,11,13,15H,5,7,9-10,12H2,1-4H3. The third-order valence-electron chi connectivity index (χ3n) is 3.23. The third-order valence-corrected chi connectivity index (χ3v) is 6.21. The number of thiophene rings is 1. The highest BCUT2D eigenvalue weighted by Gasteiger charge is 2.29. The molecule has 1 N–H and O–H groups in total. The maximum Gasteiger partial charge on any atom is 0.282 e. The molecule has 0 atom stereocenters. The SMILES string of the molecule is CCNCCCN(C)S(=O)(=O)N(Cc1cccs1)C(C)C. The van der Waals surface area contributed by atoms with Gasteiger partial charge >= 0.3 is 0 Å². The Balaban J connectivity index is 2.70. The molecule has 0 radical (unpaired) electrons. The van der Waals surface area contributed by atoms with E-state index in [0.29, 0.717) is 13.1 Å². The Morgan fingerprint density at radius 2 is 2.10 bits per heavy atom. The van der Waals surface area contributed by atoms with Crippen LogP contribution in [0.2, 0.25) is 0 Å². The van der Waals surface area contributed by atoms with Crippen molar-refractivity contribution in [3.05, 3.63) is 22.4 Å². The fourth-order valence-corrected chi connectivity index (χ4v) is 4.32. The van der Waals surface area contributed by atoms with Crippen LogP contribution in [0.5, 0.6) is 0 Å². The molecule has 1 rings (SSSR count). The normalized spacial score (nSPS) is 12.7. The minimum Gasteiger partial charge on any atom is -0.317 e. The minimum absolute atomic E-state index is 0.0617. The monoisotopic (exact) mass is 333 g/mol. The Hall–Kier alpha value is -0.470. The van der Waals surface area contributed by atoms with Crippen molar-refractivity contribution in [3.8, 4) is 0 Å². The molecule has 1 aromatic rings.